The van der Waals surface area contributed by atoms with Gasteiger partial charge in [0.15, 0.2) is 0 Å². The van der Waals surface area contributed by atoms with Crippen molar-refractivity contribution in [2.24, 2.45) is 0 Å². The molecule has 0 aliphatic rings. The molecule has 0 aromatic heterocycles. The van der Waals surface area contributed by atoms with Gasteiger partial charge in [-0.3, -0.25) is 14.4 Å². The monoisotopic (exact) mass is 617 g/mol. The standard InChI is InChI=1S/C33H29Cl2N3O3S/c1-21-27(35)10-7-11-28(21)38-32(41)33(2,3)42-26-18-16-25(17-19-26)36-31(40)29(20-22-12-14-24(34)15-13-22)37-30(39)23-8-5-4-6-9-23/h4-20H,1-3H3,(H,36,40)(H,37,39)(H,38,41)/b29-20-. The minimum atomic E-state index is -0.796. The van der Waals surface area contributed by atoms with Crippen molar-refractivity contribution >= 4 is 70.1 Å². The molecule has 0 radical (unpaired) electrons. The van der Waals surface area contributed by atoms with Crippen LogP contribution in [0.25, 0.3) is 6.08 Å². The molecule has 0 unspecified atom stereocenters. The topological polar surface area (TPSA) is 87.3 Å². The van der Waals surface area contributed by atoms with Crippen molar-refractivity contribution in [2.45, 2.75) is 30.4 Å². The number of hydrogen-bond donors (Lipinski definition) is 3. The second-order valence-corrected chi connectivity index (χ2v) is 12.4. The van der Waals surface area contributed by atoms with Gasteiger partial charge in [-0.15, -0.1) is 11.8 Å². The van der Waals surface area contributed by atoms with E-state index >= 15 is 0 Å². The van der Waals surface area contributed by atoms with Gasteiger partial charge in [0.05, 0.1) is 4.75 Å². The van der Waals surface area contributed by atoms with Gasteiger partial charge in [0, 0.05) is 31.9 Å². The molecule has 0 heterocycles. The molecule has 0 fully saturated rings. The summed E-state index contributed by atoms with van der Waals surface area (Å²) in [5.74, 6) is -1.07. The number of anilines is 2. The highest BCUT2D eigenvalue weighted by Crippen LogP contribution is 2.35. The van der Waals surface area contributed by atoms with Crippen molar-refractivity contribution in [1.82, 2.24) is 5.32 Å². The Morgan fingerprint density at radius 2 is 1.45 bits per heavy atom. The summed E-state index contributed by atoms with van der Waals surface area (Å²) in [5.41, 5.74) is 3.18. The molecular weight excluding hydrogens is 589 g/mol. The van der Waals surface area contributed by atoms with Gasteiger partial charge < -0.3 is 16.0 Å². The zero-order valence-corrected chi connectivity index (χ0v) is 25.5. The first-order valence-corrected chi connectivity index (χ1v) is 14.6. The summed E-state index contributed by atoms with van der Waals surface area (Å²) in [4.78, 5) is 40.0. The van der Waals surface area contributed by atoms with E-state index in [2.05, 4.69) is 16.0 Å². The van der Waals surface area contributed by atoms with Crippen LogP contribution in [0.15, 0.2) is 108 Å². The van der Waals surface area contributed by atoms with Gasteiger partial charge in [-0.25, -0.2) is 0 Å². The number of carbonyl (C=O) groups excluding carboxylic acids is 3. The highest BCUT2D eigenvalue weighted by atomic mass is 35.5. The average Bonchev–Trinajstić information content (AvgIpc) is 2.97. The summed E-state index contributed by atoms with van der Waals surface area (Å²) in [6.07, 6.45) is 1.58. The van der Waals surface area contributed by atoms with Crippen molar-refractivity contribution < 1.29 is 14.4 Å². The summed E-state index contributed by atoms with van der Waals surface area (Å²) >= 11 is 13.6. The van der Waals surface area contributed by atoms with Crippen LogP contribution in [0.1, 0.15) is 35.3 Å². The van der Waals surface area contributed by atoms with Crippen molar-refractivity contribution in [3.8, 4) is 0 Å². The third-order valence-electron chi connectivity index (χ3n) is 6.26. The minimum absolute atomic E-state index is 0.0683. The lowest BCUT2D eigenvalue weighted by Gasteiger charge is -2.24. The smallest absolute Gasteiger partial charge is 0.272 e. The molecule has 4 aromatic rings. The van der Waals surface area contributed by atoms with Crippen LogP contribution in [0.5, 0.6) is 0 Å². The van der Waals surface area contributed by atoms with Gasteiger partial charge >= 0.3 is 0 Å². The van der Waals surface area contributed by atoms with E-state index in [0.29, 0.717) is 32.5 Å². The van der Waals surface area contributed by atoms with Crippen LogP contribution in [-0.2, 0) is 9.59 Å². The number of thioether (sulfide) groups is 1. The first-order valence-electron chi connectivity index (χ1n) is 13.0. The predicted octanol–water partition coefficient (Wildman–Crippen LogP) is 8.22. The number of nitrogens with one attached hydrogen (secondary N) is 3. The largest absolute Gasteiger partial charge is 0.325 e. The maximum absolute atomic E-state index is 13.3. The van der Waals surface area contributed by atoms with Gasteiger partial charge in [-0.2, -0.15) is 0 Å². The van der Waals surface area contributed by atoms with Crippen LogP contribution in [-0.4, -0.2) is 22.5 Å². The van der Waals surface area contributed by atoms with Crippen LogP contribution < -0.4 is 16.0 Å². The highest BCUT2D eigenvalue weighted by Gasteiger charge is 2.29. The molecule has 4 rings (SSSR count). The van der Waals surface area contributed by atoms with Crippen molar-refractivity contribution in [1.29, 1.82) is 0 Å². The Morgan fingerprint density at radius 1 is 0.786 bits per heavy atom. The maximum atomic E-state index is 13.3. The van der Waals surface area contributed by atoms with Crippen LogP contribution >= 0.6 is 35.0 Å². The van der Waals surface area contributed by atoms with E-state index in [1.807, 2.05) is 45.0 Å². The SMILES string of the molecule is Cc1c(Cl)cccc1NC(=O)C(C)(C)Sc1ccc(NC(=O)/C(=C/c2ccc(Cl)cc2)NC(=O)c2ccccc2)cc1. The molecule has 0 atom stereocenters. The fraction of sp³-hybridized carbons (Fsp3) is 0.121. The Kier molecular flexibility index (Phi) is 10.1. The Labute approximate surface area is 259 Å². The van der Waals surface area contributed by atoms with Gasteiger partial charge in [-0.1, -0.05) is 59.6 Å². The molecule has 0 saturated heterocycles. The third kappa shape index (κ3) is 8.26. The molecule has 6 nitrogen and oxygen atoms in total. The van der Waals surface area contributed by atoms with Gasteiger partial charge in [0.1, 0.15) is 5.70 Å². The molecule has 0 bridgehead atoms. The number of carbonyl (C=O) groups is 3. The normalized spacial score (nSPS) is 11.5. The summed E-state index contributed by atoms with van der Waals surface area (Å²) in [6, 6.07) is 28.1. The van der Waals surface area contributed by atoms with Crippen molar-refractivity contribution in [2.75, 3.05) is 10.6 Å². The Hall–Kier alpha value is -4.04. The molecule has 214 valence electrons. The average molecular weight is 619 g/mol. The van der Waals surface area contributed by atoms with E-state index in [9.17, 15) is 14.4 Å². The number of hydrogen-bond acceptors (Lipinski definition) is 4. The summed E-state index contributed by atoms with van der Waals surface area (Å²) < 4.78 is -0.796. The Balaban J connectivity index is 1.46. The summed E-state index contributed by atoms with van der Waals surface area (Å²) in [7, 11) is 0. The zero-order valence-electron chi connectivity index (χ0n) is 23.2. The number of benzene rings is 4. The lowest BCUT2D eigenvalue weighted by atomic mass is 10.1. The molecule has 0 spiro atoms. The fourth-order valence-corrected chi connectivity index (χ4v) is 5.14. The van der Waals surface area contributed by atoms with Crippen LogP contribution in [0.3, 0.4) is 0 Å². The summed E-state index contributed by atoms with van der Waals surface area (Å²) in [6.45, 7) is 5.53. The molecular formula is C33H29Cl2N3O3S. The lowest BCUT2D eigenvalue weighted by Crippen LogP contribution is -2.34. The minimum Gasteiger partial charge on any atom is -0.325 e. The molecule has 0 saturated carbocycles. The van der Waals surface area contributed by atoms with Crippen LogP contribution in [0.2, 0.25) is 10.0 Å². The van der Waals surface area contributed by atoms with Gasteiger partial charge in [0.2, 0.25) is 5.91 Å². The molecule has 42 heavy (non-hydrogen) atoms. The second-order valence-electron chi connectivity index (χ2n) is 9.89. The Morgan fingerprint density at radius 3 is 2.12 bits per heavy atom. The molecule has 9 heteroatoms. The quantitative estimate of drug-likeness (QED) is 0.130. The first-order chi connectivity index (χ1) is 20.0. The van der Waals surface area contributed by atoms with Gasteiger partial charge in [-0.05, 0) is 98.6 Å². The lowest BCUT2D eigenvalue weighted by molar-refractivity contribution is -0.117. The van der Waals surface area contributed by atoms with Crippen LogP contribution in [0, 0.1) is 6.92 Å². The fourth-order valence-electron chi connectivity index (χ4n) is 3.83. The maximum Gasteiger partial charge on any atom is 0.272 e. The highest BCUT2D eigenvalue weighted by molar-refractivity contribution is 8.01. The van der Waals surface area contributed by atoms with Gasteiger partial charge in [0.25, 0.3) is 11.8 Å². The van der Waals surface area contributed by atoms with E-state index in [-0.39, 0.29) is 11.6 Å². The van der Waals surface area contributed by atoms with E-state index in [1.54, 1.807) is 78.9 Å². The second kappa shape index (κ2) is 13.7. The van der Waals surface area contributed by atoms with E-state index in [1.165, 1.54) is 11.8 Å². The molecule has 3 amide bonds. The van der Waals surface area contributed by atoms with Crippen LogP contribution in [0.4, 0.5) is 11.4 Å². The number of rotatable bonds is 9. The molecule has 4 aromatic carbocycles. The molecule has 0 aliphatic heterocycles. The molecule has 0 aliphatic carbocycles. The number of amides is 3. The molecule has 3 N–H and O–H groups in total. The van der Waals surface area contributed by atoms with E-state index < -0.39 is 16.6 Å². The van der Waals surface area contributed by atoms with E-state index in [0.717, 1.165) is 10.5 Å². The zero-order chi connectivity index (χ0) is 30.3. The van der Waals surface area contributed by atoms with E-state index in [4.69, 9.17) is 23.2 Å². The first kappa shape index (κ1) is 30.9. The Bertz CT molecular complexity index is 1620. The third-order valence-corrected chi connectivity index (χ3v) is 8.12. The predicted molar refractivity (Wildman–Crippen MR) is 173 cm³/mol. The van der Waals surface area contributed by atoms with Crippen molar-refractivity contribution in [3.63, 3.8) is 0 Å². The van der Waals surface area contributed by atoms with Crippen molar-refractivity contribution in [3.05, 3.63) is 129 Å². The number of halogens is 2. The summed E-state index contributed by atoms with van der Waals surface area (Å²) in [5, 5.41) is 9.66.